The molecule has 3 aromatic rings. The normalized spacial score (nSPS) is 16.0. The molecule has 1 unspecified atom stereocenters. The SMILES string of the molecule is OC(CN1CCc2ccccc2C1)Cn1ccnc1-c1cccs1. The lowest BCUT2D eigenvalue weighted by atomic mass is 10.00. The standard InChI is InChI=1S/C19H21N3OS/c23-17(13-21-9-7-15-4-1-2-5-16(15)12-21)14-22-10-8-20-19(22)18-6-3-11-24-18/h1-6,8,10-11,17,23H,7,9,12-14H2. The van der Waals surface area contributed by atoms with Crippen LogP contribution in [0.25, 0.3) is 10.7 Å². The number of rotatable bonds is 5. The average molecular weight is 339 g/mol. The topological polar surface area (TPSA) is 41.3 Å². The van der Waals surface area contributed by atoms with Crippen LogP contribution in [-0.2, 0) is 19.5 Å². The first-order chi connectivity index (χ1) is 11.8. The molecule has 4 nitrogen and oxygen atoms in total. The van der Waals surface area contributed by atoms with Crippen LogP contribution in [0.2, 0.25) is 0 Å². The Hall–Kier alpha value is -1.95. The highest BCUT2D eigenvalue weighted by Crippen LogP contribution is 2.23. The summed E-state index contributed by atoms with van der Waals surface area (Å²) in [4.78, 5) is 7.92. The number of hydrogen-bond donors (Lipinski definition) is 1. The van der Waals surface area contributed by atoms with Gasteiger partial charge in [0.15, 0.2) is 0 Å². The zero-order valence-corrected chi connectivity index (χ0v) is 14.3. The summed E-state index contributed by atoms with van der Waals surface area (Å²) in [6.07, 6.45) is 4.42. The van der Waals surface area contributed by atoms with E-state index >= 15 is 0 Å². The van der Waals surface area contributed by atoms with E-state index in [4.69, 9.17) is 0 Å². The van der Waals surface area contributed by atoms with E-state index in [-0.39, 0.29) is 0 Å². The third-order valence-corrected chi connectivity index (χ3v) is 5.41. The summed E-state index contributed by atoms with van der Waals surface area (Å²) in [7, 11) is 0. The molecule has 0 spiro atoms. The molecule has 0 saturated carbocycles. The van der Waals surface area contributed by atoms with E-state index in [1.54, 1.807) is 17.5 Å². The number of nitrogens with zero attached hydrogens (tertiary/aromatic N) is 3. The minimum atomic E-state index is -0.400. The van der Waals surface area contributed by atoms with E-state index < -0.39 is 6.10 Å². The molecular formula is C19H21N3OS. The third kappa shape index (κ3) is 3.29. The van der Waals surface area contributed by atoms with Crippen molar-refractivity contribution in [2.24, 2.45) is 0 Å². The van der Waals surface area contributed by atoms with E-state index in [1.807, 2.05) is 16.8 Å². The summed E-state index contributed by atoms with van der Waals surface area (Å²) >= 11 is 1.67. The van der Waals surface area contributed by atoms with Gasteiger partial charge in [0.05, 0.1) is 17.5 Å². The van der Waals surface area contributed by atoms with Gasteiger partial charge in [0.1, 0.15) is 5.82 Å². The van der Waals surface area contributed by atoms with E-state index in [2.05, 4.69) is 45.6 Å². The molecule has 124 valence electrons. The molecule has 1 atom stereocenters. The number of β-amino-alcohol motifs (C(OH)–C–C–N with tert-alkyl or cyclic N) is 1. The first kappa shape index (κ1) is 15.6. The van der Waals surface area contributed by atoms with Crippen molar-refractivity contribution >= 4 is 11.3 Å². The molecular weight excluding hydrogens is 318 g/mol. The lowest BCUT2D eigenvalue weighted by Crippen LogP contribution is -2.38. The Kier molecular flexibility index (Phi) is 4.47. The Morgan fingerprint density at radius 1 is 1.12 bits per heavy atom. The van der Waals surface area contributed by atoms with Gasteiger partial charge in [-0.05, 0) is 29.0 Å². The maximum atomic E-state index is 10.6. The van der Waals surface area contributed by atoms with Crippen LogP contribution < -0.4 is 0 Å². The number of benzene rings is 1. The van der Waals surface area contributed by atoms with Gasteiger partial charge in [-0.15, -0.1) is 11.3 Å². The summed E-state index contributed by atoms with van der Waals surface area (Å²) < 4.78 is 2.05. The van der Waals surface area contributed by atoms with Crippen molar-refractivity contribution < 1.29 is 5.11 Å². The zero-order chi connectivity index (χ0) is 16.4. The van der Waals surface area contributed by atoms with Gasteiger partial charge in [0.25, 0.3) is 0 Å². The van der Waals surface area contributed by atoms with Crippen molar-refractivity contribution in [1.29, 1.82) is 0 Å². The van der Waals surface area contributed by atoms with Crippen molar-refractivity contribution in [2.45, 2.75) is 25.6 Å². The molecule has 0 saturated heterocycles. The van der Waals surface area contributed by atoms with Gasteiger partial charge >= 0.3 is 0 Å². The first-order valence-electron chi connectivity index (χ1n) is 8.32. The number of aliphatic hydroxyl groups excluding tert-OH is 1. The van der Waals surface area contributed by atoms with Crippen LogP contribution in [0.15, 0.2) is 54.2 Å². The van der Waals surface area contributed by atoms with E-state index in [0.717, 1.165) is 30.2 Å². The average Bonchev–Trinajstić information content (AvgIpc) is 3.25. The van der Waals surface area contributed by atoms with Crippen LogP contribution in [0.1, 0.15) is 11.1 Å². The molecule has 5 heteroatoms. The van der Waals surface area contributed by atoms with Gasteiger partial charge in [-0.25, -0.2) is 4.98 Å². The highest BCUT2D eigenvalue weighted by molar-refractivity contribution is 7.13. The molecule has 1 aliphatic rings. The molecule has 24 heavy (non-hydrogen) atoms. The number of aromatic nitrogens is 2. The monoisotopic (exact) mass is 339 g/mol. The summed E-state index contributed by atoms with van der Waals surface area (Å²) in [5, 5.41) is 12.6. The van der Waals surface area contributed by atoms with Gasteiger partial charge in [-0.3, -0.25) is 4.90 Å². The van der Waals surface area contributed by atoms with Crippen molar-refractivity contribution in [3.05, 3.63) is 65.3 Å². The lowest BCUT2D eigenvalue weighted by molar-refractivity contribution is 0.0921. The number of aliphatic hydroxyl groups is 1. The maximum Gasteiger partial charge on any atom is 0.150 e. The highest BCUT2D eigenvalue weighted by atomic mass is 32.1. The summed E-state index contributed by atoms with van der Waals surface area (Å²) in [6, 6.07) is 12.7. The maximum absolute atomic E-state index is 10.6. The molecule has 1 aromatic carbocycles. The quantitative estimate of drug-likeness (QED) is 0.777. The number of imidazole rings is 1. The summed E-state index contributed by atoms with van der Waals surface area (Å²) in [6.45, 7) is 3.20. The van der Waals surface area contributed by atoms with Crippen LogP contribution in [0.3, 0.4) is 0 Å². The molecule has 0 amide bonds. The van der Waals surface area contributed by atoms with Gasteiger partial charge in [0, 0.05) is 32.0 Å². The second-order valence-corrected chi connectivity index (χ2v) is 7.24. The number of fused-ring (bicyclic) bond motifs is 1. The Morgan fingerprint density at radius 3 is 2.83 bits per heavy atom. The van der Waals surface area contributed by atoms with Gasteiger partial charge < -0.3 is 9.67 Å². The fraction of sp³-hybridized carbons (Fsp3) is 0.316. The van der Waals surface area contributed by atoms with Crippen molar-refractivity contribution in [2.75, 3.05) is 13.1 Å². The minimum Gasteiger partial charge on any atom is -0.390 e. The molecule has 3 heterocycles. The van der Waals surface area contributed by atoms with Crippen LogP contribution in [0, 0.1) is 0 Å². The molecule has 0 radical (unpaired) electrons. The van der Waals surface area contributed by atoms with Crippen LogP contribution in [0.5, 0.6) is 0 Å². The van der Waals surface area contributed by atoms with Crippen molar-refractivity contribution in [3.8, 4) is 10.7 Å². The molecule has 4 rings (SSSR count). The molecule has 0 bridgehead atoms. The smallest absolute Gasteiger partial charge is 0.150 e. The van der Waals surface area contributed by atoms with Gasteiger partial charge in [0.2, 0.25) is 0 Å². The van der Waals surface area contributed by atoms with Crippen molar-refractivity contribution in [1.82, 2.24) is 14.5 Å². The highest BCUT2D eigenvalue weighted by Gasteiger charge is 2.19. The Bertz CT molecular complexity index is 797. The van der Waals surface area contributed by atoms with E-state index in [9.17, 15) is 5.11 Å². The fourth-order valence-corrected chi connectivity index (χ4v) is 4.12. The molecule has 2 aromatic heterocycles. The Morgan fingerprint density at radius 2 is 2.00 bits per heavy atom. The second kappa shape index (κ2) is 6.89. The van der Waals surface area contributed by atoms with Crippen LogP contribution >= 0.6 is 11.3 Å². The lowest BCUT2D eigenvalue weighted by Gasteiger charge is -2.30. The molecule has 0 aliphatic carbocycles. The van der Waals surface area contributed by atoms with E-state index in [1.165, 1.54) is 11.1 Å². The zero-order valence-electron chi connectivity index (χ0n) is 13.5. The second-order valence-electron chi connectivity index (χ2n) is 6.29. The Balaban J connectivity index is 1.40. The van der Waals surface area contributed by atoms with E-state index in [0.29, 0.717) is 13.1 Å². The van der Waals surface area contributed by atoms with Crippen LogP contribution in [-0.4, -0.2) is 38.8 Å². The van der Waals surface area contributed by atoms with Crippen LogP contribution in [0.4, 0.5) is 0 Å². The predicted molar refractivity (Wildman–Crippen MR) is 97.0 cm³/mol. The summed E-state index contributed by atoms with van der Waals surface area (Å²) in [5.41, 5.74) is 2.83. The molecule has 1 N–H and O–H groups in total. The number of hydrogen-bond acceptors (Lipinski definition) is 4. The van der Waals surface area contributed by atoms with Crippen molar-refractivity contribution in [3.63, 3.8) is 0 Å². The third-order valence-electron chi connectivity index (χ3n) is 4.54. The summed E-state index contributed by atoms with van der Waals surface area (Å²) in [5.74, 6) is 0.938. The fourth-order valence-electron chi connectivity index (χ4n) is 3.38. The first-order valence-corrected chi connectivity index (χ1v) is 9.20. The predicted octanol–water partition coefficient (Wildman–Crippen LogP) is 3.03. The molecule has 0 fully saturated rings. The number of thiophene rings is 1. The van der Waals surface area contributed by atoms with Gasteiger partial charge in [-0.1, -0.05) is 30.3 Å². The largest absolute Gasteiger partial charge is 0.390 e. The minimum absolute atomic E-state index is 0.400. The molecule has 1 aliphatic heterocycles. The Labute approximate surface area is 146 Å². The van der Waals surface area contributed by atoms with Gasteiger partial charge in [-0.2, -0.15) is 0 Å².